The first-order chi connectivity index (χ1) is 9.16. The fraction of sp³-hybridized carbons (Fsp3) is 0.500. The molecule has 0 amide bonds. The first kappa shape index (κ1) is 13.7. The highest BCUT2D eigenvalue weighted by Crippen LogP contribution is 2.22. The van der Waals surface area contributed by atoms with E-state index in [-0.39, 0.29) is 12.0 Å². The van der Waals surface area contributed by atoms with Gasteiger partial charge in [0.25, 0.3) is 0 Å². The van der Waals surface area contributed by atoms with Crippen LogP contribution in [0.25, 0.3) is 11.4 Å². The van der Waals surface area contributed by atoms with E-state index in [2.05, 4.69) is 22.0 Å². The molecule has 102 valence electrons. The molecule has 2 heterocycles. The molecule has 0 fully saturated rings. The molecular formula is C14H20N4O. The van der Waals surface area contributed by atoms with Gasteiger partial charge in [-0.25, -0.2) is 0 Å². The maximum atomic E-state index is 5.74. The van der Waals surface area contributed by atoms with Crippen LogP contribution < -0.4 is 5.73 Å². The third-order valence-electron chi connectivity index (χ3n) is 3.08. The Kier molecular flexibility index (Phi) is 4.63. The Morgan fingerprint density at radius 3 is 2.84 bits per heavy atom. The van der Waals surface area contributed by atoms with Crippen molar-refractivity contribution in [2.45, 2.75) is 45.1 Å². The molecule has 5 nitrogen and oxygen atoms in total. The number of hydrogen-bond donors (Lipinski definition) is 1. The van der Waals surface area contributed by atoms with Gasteiger partial charge >= 0.3 is 0 Å². The van der Waals surface area contributed by atoms with Crippen molar-refractivity contribution in [3.8, 4) is 11.4 Å². The molecule has 0 saturated heterocycles. The highest BCUT2D eigenvalue weighted by atomic mass is 16.5. The van der Waals surface area contributed by atoms with E-state index in [1.165, 1.54) is 0 Å². The van der Waals surface area contributed by atoms with Crippen LogP contribution in [0.2, 0.25) is 0 Å². The van der Waals surface area contributed by atoms with Crippen LogP contribution in [0, 0.1) is 0 Å². The summed E-state index contributed by atoms with van der Waals surface area (Å²) < 4.78 is 5.32. The average molecular weight is 260 g/mol. The second-order valence-corrected chi connectivity index (χ2v) is 5.01. The predicted octanol–water partition coefficient (Wildman–Crippen LogP) is 2.75. The topological polar surface area (TPSA) is 77.8 Å². The Balaban J connectivity index is 1.97. The molecule has 2 rings (SSSR count). The van der Waals surface area contributed by atoms with Crippen molar-refractivity contribution in [2.75, 3.05) is 0 Å². The molecule has 0 bridgehead atoms. The summed E-state index contributed by atoms with van der Waals surface area (Å²) in [7, 11) is 0. The summed E-state index contributed by atoms with van der Waals surface area (Å²) in [5.41, 5.74) is 6.61. The van der Waals surface area contributed by atoms with Gasteiger partial charge in [-0.2, -0.15) is 4.98 Å². The molecule has 19 heavy (non-hydrogen) atoms. The molecule has 0 saturated carbocycles. The van der Waals surface area contributed by atoms with Crippen molar-refractivity contribution in [2.24, 2.45) is 5.73 Å². The summed E-state index contributed by atoms with van der Waals surface area (Å²) in [6.45, 7) is 4.12. The van der Waals surface area contributed by atoms with E-state index in [0.29, 0.717) is 11.7 Å². The second-order valence-electron chi connectivity index (χ2n) is 5.01. The summed E-state index contributed by atoms with van der Waals surface area (Å²) >= 11 is 0. The lowest BCUT2D eigenvalue weighted by molar-refractivity contribution is 0.350. The minimum Gasteiger partial charge on any atom is -0.339 e. The minimum atomic E-state index is 0.251. The molecule has 0 aliphatic carbocycles. The molecule has 0 aliphatic heterocycles. The van der Waals surface area contributed by atoms with Crippen LogP contribution in [0.5, 0.6) is 0 Å². The lowest BCUT2D eigenvalue weighted by Crippen LogP contribution is -2.14. The third kappa shape index (κ3) is 3.86. The van der Waals surface area contributed by atoms with Crippen molar-refractivity contribution in [3.05, 3.63) is 30.4 Å². The van der Waals surface area contributed by atoms with E-state index in [1.807, 2.05) is 19.1 Å². The van der Waals surface area contributed by atoms with Gasteiger partial charge in [-0.1, -0.05) is 18.5 Å². The summed E-state index contributed by atoms with van der Waals surface area (Å²) in [6.07, 6.45) is 6.56. The quantitative estimate of drug-likeness (QED) is 0.864. The summed E-state index contributed by atoms with van der Waals surface area (Å²) in [6, 6.07) is 4.03. The number of pyridine rings is 1. The molecular weight excluding hydrogens is 240 g/mol. The lowest BCUT2D eigenvalue weighted by Gasteiger charge is -2.07. The van der Waals surface area contributed by atoms with Crippen LogP contribution in [-0.2, 0) is 0 Å². The zero-order valence-corrected chi connectivity index (χ0v) is 11.4. The van der Waals surface area contributed by atoms with Crippen LogP contribution in [0.3, 0.4) is 0 Å². The lowest BCUT2D eigenvalue weighted by atomic mass is 10.0. The Labute approximate surface area is 113 Å². The predicted molar refractivity (Wildman–Crippen MR) is 73.4 cm³/mol. The monoisotopic (exact) mass is 260 g/mol. The molecule has 2 N–H and O–H groups in total. The molecule has 0 spiro atoms. The minimum absolute atomic E-state index is 0.251. The van der Waals surface area contributed by atoms with Crippen LogP contribution in [0.1, 0.15) is 44.9 Å². The van der Waals surface area contributed by atoms with Crippen molar-refractivity contribution < 1.29 is 4.52 Å². The largest absolute Gasteiger partial charge is 0.339 e. The van der Waals surface area contributed by atoms with Crippen LogP contribution in [0.15, 0.2) is 29.0 Å². The van der Waals surface area contributed by atoms with Gasteiger partial charge in [0.1, 0.15) is 0 Å². The fourth-order valence-electron chi connectivity index (χ4n) is 1.92. The molecule has 2 aromatic rings. The first-order valence-electron chi connectivity index (χ1n) is 6.66. The van der Waals surface area contributed by atoms with E-state index in [0.717, 1.165) is 24.8 Å². The van der Waals surface area contributed by atoms with Gasteiger partial charge in [0.2, 0.25) is 11.7 Å². The standard InChI is InChI=1S/C14H20N4O/c1-10(5-3-6-11(2)15)14-17-13(18-19-14)12-7-4-8-16-9-12/h4,7-11H,3,5-6,15H2,1-2H3. The number of nitrogens with zero attached hydrogens (tertiary/aromatic N) is 3. The van der Waals surface area contributed by atoms with Crippen LogP contribution >= 0.6 is 0 Å². The molecule has 0 aliphatic rings. The van der Waals surface area contributed by atoms with Gasteiger partial charge in [0.05, 0.1) is 0 Å². The zero-order chi connectivity index (χ0) is 13.7. The van der Waals surface area contributed by atoms with E-state index in [9.17, 15) is 0 Å². The summed E-state index contributed by atoms with van der Waals surface area (Å²) in [5, 5.41) is 4.00. The Morgan fingerprint density at radius 1 is 1.32 bits per heavy atom. The Morgan fingerprint density at radius 2 is 2.16 bits per heavy atom. The van der Waals surface area contributed by atoms with Gasteiger partial charge in [-0.15, -0.1) is 0 Å². The van der Waals surface area contributed by atoms with Crippen LogP contribution in [-0.4, -0.2) is 21.2 Å². The third-order valence-corrected chi connectivity index (χ3v) is 3.08. The summed E-state index contributed by atoms with van der Waals surface area (Å²) in [5.74, 6) is 1.54. The fourth-order valence-corrected chi connectivity index (χ4v) is 1.92. The molecule has 2 unspecified atom stereocenters. The van der Waals surface area contributed by atoms with E-state index in [1.54, 1.807) is 12.4 Å². The average Bonchev–Trinajstić information content (AvgIpc) is 2.89. The van der Waals surface area contributed by atoms with Crippen molar-refractivity contribution in [1.29, 1.82) is 0 Å². The maximum absolute atomic E-state index is 5.74. The zero-order valence-electron chi connectivity index (χ0n) is 11.4. The van der Waals surface area contributed by atoms with Crippen LogP contribution in [0.4, 0.5) is 0 Å². The smallest absolute Gasteiger partial charge is 0.229 e. The highest BCUT2D eigenvalue weighted by Gasteiger charge is 2.15. The van der Waals surface area contributed by atoms with E-state index in [4.69, 9.17) is 10.3 Å². The molecule has 2 aromatic heterocycles. The van der Waals surface area contributed by atoms with Gasteiger partial charge in [-0.05, 0) is 31.9 Å². The highest BCUT2D eigenvalue weighted by molar-refractivity contribution is 5.51. The number of nitrogens with two attached hydrogens (primary N) is 1. The molecule has 0 radical (unpaired) electrons. The second kappa shape index (κ2) is 6.43. The van der Waals surface area contributed by atoms with Gasteiger partial charge < -0.3 is 10.3 Å². The first-order valence-corrected chi connectivity index (χ1v) is 6.66. The number of aromatic nitrogens is 3. The van der Waals surface area contributed by atoms with Crippen molar-refractivity contribution in [1.82, 2.24) is 15.1 Å². The van der Waals surface area contributed by atoms with Gasteiger partial charge in [-0.3, -0.25) is 4.98 Å². The Bertz CT molecular complexity index is 495. The van der Waals surface area contributed by atoms with Crippen molar-refractivity contribution in [3.63, 3.8) is 0 Å². The molecule has 0 aromatic carbocycles. The summed E-state index contributed by atoms with van der Waals surface area (Å²) in [4.78, 5) is 8.48. The normalized spacial score (nSPS) is 14.3. The maximum Gasteiger partial charge on any atom is 0.229 e. The number of hydrogen-bond acceptors (Lipinski definition) is 5. The van der Waals surface area contributed by atoms with Gasteiger partial charge in [0.15, 0.2) is 0 Å². The molecule has 2 atom stereocenters. The van der Waals surface area contributed by atoms with E-state index >= 15 is 0 Å². The Hall–Kier alpha value is -1.75. The molecule has 5 heteroatoms. The van der Waals surface area contributed by atoms with Crippen molar-refractivity contribution >= 4 is 0 Å². The SMILES string of the molecule is CC(N)CCCC(C)c1nc(-c2cccnc2)no1. The van der Waals surface area contributed by atoms with E-state index < -0.39 is 0 Å². The van der Waals surface area contributed by atoms with Gasteiger partial charge in [0, 0.05) is 29.9 Å². The number of rotatable bonds is 6.